The van der Waals surface area contributed by atoms with Crippen LogP contribution in [0.25, 0.3) is 0 Å². The van der Waals surface area contributed by atoms with E-state index in [1.807, 2.05) is 23.1 Å². The summed E-state index contributed by atoms with van der Waals surface area (Å²) in [4.78, 5) is 13.1. The highest BCUT2D eigenvalue weighted by atomic mass is 79.9. The van der Waals surface area contributed by atoms with Crippen molar-refractivity contribution in [1.82, 2.24) is 4.90 Å². The summed E-state index contributed by atoms with van der Waals surface area (Å²) in [6.07, 6.45) is 1.72. The number of halogens is 2. The fourth-order valence-corrected chi connectivity index (χ4v) is 2.84. The van der Waals surface area contributed by atoms with E-state index >= 15 is 0 Å². The Labute approximate surface area is 117 Å². The smallest absolute Gasteiger partial charge is 0.320 e. The molecule has 0 spiro atoms. The summed E-state index contributed by atoms with van der Waals surface area (Å²) >= 11 is 6.88. The van der Waals surface area contributed by atoms with Gasteiger partial charge >= 0.3 is 5.97 Å². The Morgan fingerprint density at radius 2 is 2.18 bits per heavy atom. The number of carboxylic acids is 1. The van der Waals surface area contributed by atoms with Crippen LogP contribution in [0.3, 0.4) is 0 Å². The zero-order chi connectivity index (χ0) is 12.4. The number of carboxylic acid groups (broad SMARTS) is 1. The molecule has 3 nitrogen and oxygen atoms in total. The zero-order valence-corrected chi connectivity index (χ0v) is 12.4. The summed E-state index contributed by atoms with van der Waals surface area (Å²) in [6, 6.07) is 5.70. The maximum Gasteiger partial charge on any atom is 0.320 e. The lowest BCUT2D eigenvalue weighted by Gasteiger charge is -2.21. The van der Waals surface area contributed by atoms with Crippen molar-refractivity contribution in [2.24, 2.45) is 0 Å². The fourth-order valence-electron chi connectivity index (χ4n) is 2.17. The molecule has 1 aromatic rings. The predicted octanol–water partition coefficient (Wildman–Crippen LogP) is 3.26. The van der Waals surface area contributed by atoms with E-state index in [0.717, 1.165) is 33.9 Å². The highest BCUT2D eigenvalue weighted by Crippen LogP contribution is 2.26. The number of carbonyl (C=O) groups is 1. The number of nitrogens with zero attached hydrogens (tertiary/aromatic N) is 1. The second-order valence-electron chi connectivity index (χ2n) is 4.22. The van der Waals surface area contributed by atoms with Crippen molar-refractivity contribution in [3.63, 3.8) is 0 Å². The molecule has 0 saturated carbocycles. The molecule has 0 radical (unpaired) electrons. The normalized spacial score (nSPS) is 20.7. The summed E-state index contributed by atoms with van der Waals surface area (Å²) in [5.74, 6) is -0.710. The summed E-state index contributed by atoms with van der Waals surface area (Å²) in [7, 11) is 0. The molecule has 0 aliphatic carbocycles. The van der Waals surface area contributed by atoms with E-state index in [9.17, 15) is 4.79 Å². The second kappa shape index (κ2) is 5.50. The van der Waals surface area contributed by atoms with Gasteiger partial charge in [-0.25, -0.2) is 0 Å². The molecule has 0 amide bonds. The van der Waals surface area contributed by atoms with Gasteiger partial charge in [-0.3, -0.25) is 9.69 Å². The van der Waals surface area contributed by atoms with Crippen molar-refractivity contribution in [3.05, 3.63) is 32.7 Å². The summed E-state index contributed by atoms with van der Waals surface area (Å²) in [5.41, 5.74) is 1.13. The van der Waals surface area contributed by atoms with Crippen LogP contribution in [-0.4, -0.2) is 28.6 Å². The van der Waals surface area contributed by atoms with E-state index in [4.69, 9.17) is 5.11 Å². The van der Waals surface area contributed by atoms with Gasteiger partial charge in [-0.05, 0) is 68.9 Å². The van der Waals surface area contributed by atoms with Gasteiger partial charge in [-0.1, -0.05) is 6.07 Å². The maximum absolute atomic E-state index is 11.1. The van der Waals surface area contributed by atoms with E-state index in [2.05, 4.69) is 31.9 Å². The largest absolute Gasteiger partial charge is 0.480 e. The van der Waals surface area contributed by atoms with Crippen LogP contribution in [0.4, 0.5) is 0 Å². The van der Waals surface area contributed by atoms with E-state index in [0.29, 0.717) is 6.54 Å². The third kappa shape index (κ3) is 3.09. The SMILES string of the molecule is O=C(O)C1CCCN1Cc1ccc(Br)c(Br)c1. The summed E-state index contributed by atoms with van der Waals surface area (Å²) in [5, 5.41) is 9.10. The second-order valence-corrected chi connectivity index (χ2v) is 5.92. The van der Waals surface area contributed by atoms with E-state index in [1.54, 1.807) is 0 Å². The van der Waals surface area contributed by atoms with E-state index < -0.39 is 5.97 Å². The molecular formula is C12H13Br2NO2. The van der Waals surface area contributed by atoms with Crippen LogP contribution in [-0.2, 0) is 11.3 Å². The Morgan fingerprint density at radius 3 is 2.82 bits per heavy atom. The molecule has 17 heavy (non-hydrogen) atoms. The third-order valence-corrected chi connectivity index (χ3v) is 4.90. The molecule has 2 rings (SSSR count). The highest BCUT2D eigenvalue weighted by Gasteiger charge is 2.30. The van der Waals surface area contributed by atoms with Crippen LogP contribution >= 0.6 is 31.9 Å². The van der Waals surface area contributed by atoms with Crippen molar-refractivity contribution in [3.8, 4) is 0 Å². The first kappa shape index (κ1) is 13.1. The average Bonchev–Trinajstić information content (AvgIpc) is 2.72. The highest BCUT2D eigenvalue weighted by molar-refractivity contribution is 9.13. The van der Waals surface area contributed by atoms with Gasteiger partial charge in [0.2, 0.25) is 0 Å². The van der Waals surface area contributed by atoms with Gasteiger partial charge in [0.15, 0.2) is 0 Å². The van der Waals surface area contributed by atoms with Gasteiger partial charge in [0.05, 0.1) is 0 Å². The fraction of sp³-hybridized carbons (Fsp3) is 0.417. The first-order valence-electron chi connectivity index (χ1n) is 5.48. The number of hydrogen-bond donors (Lipinski definition) is 1. The predicted molar refractivity (Wildman–Crippen MR) is 72.9 cm³/mol. The number of benzene rings is 1. The van der Waals surface area contributed by atoms with Gasteiger partial charge < -0.3 is 5.11 Å². The van der Waals surface area contributed by atoms with Gasteiger partial charge in [0.25, 0.3) is 0 Å². The molecule has 92 valence electrons. The topological polar surface area (TPSA) is 40.5 Å². The van der Waals surface area contributed by atoms with Crippen molar-refractivity contribution in [1.29, 1.82) is 0 Å². The molecule has 1 aliphatic rings. The van der Waals surface area contributed by atoms with Crippen LogP contribution in [0.5, 0.6) is 0 Å². The molecule has 1 aliphatic heterocycles. The van der Waals surface area contributed by atoms with Gasteiger partial charge in [0, 0.05) is 15.5 Å². The first-order valence-corrected chi connectivity index (χ1v) is 7.07. The lowest BCUT2D eigenvalue weighted by atomic mass is 10.2. The minimum Gasteiger partial charge on any atom is -0.480 e. The van der Waals surface area contributed by atoms with Crippen molar-refractivity contribution >= 4 is 37.8 Å². The van der Waals surface area contributed by atoms with Crippen LogP contribution < -0.4 is 0 Å². The molecule has 1 fully saturated rings. The lowest BCUT2D eigenvalue weighted by molar-refractivity contribution is -0.142. The van der Waals surface area contributed by atoms with E-state index in [-0.39, 0.29) is 6.04 Å². The molecule has 1 atom stereocenters. The number of aliphatic carboxylic acids is 1. The molecule has 1 N–H and O–H groups in total. The molecule has 1 heterocycles. The van der Waals surface area contributed by atoms with E-state index in [1.165, 1.54) is 0 Å². The molecular weight excluding hydrogens is 350 g/mol. The van der Waals surface area contributed by atoms with Gasteiger partial charge in [-0.2, -0.15) is 0 Å². The maximum atomic E-state index is 11.1. The van der Waals surface area contributed by atoms with Crippen molar-refractivity contribution in [2.45, 2.75) is 25.4 Å². The number of hydrogen-bond acceptors (Lipinski definition) is 2. The lowest BCUT2D eigenvalue weighted by Crippen LogP contribution is -2.35. The van der Waals surface area contributed by atoms with Crippen LogP contribution in [0, 0.1) is 0 Å². The molecule has 1 saturated heterocycles. The molecule has 1 aromatic carbocycles. The monoisotopic (exact) mass is 361 g/mol. The minimum atomic E-state index is -0.710. The Bertz CT molecular complexity index is 437. The van der Waals surface area contributed by atoms with Crippen LogP contribution in [0.2, 0.25) is 0 Å². The Kier molecular flexibility index (Phi) is 4.22. The number of likely N-dealkylation sites (tertiary alicyclic amines) is 1. The molecule has 0 aromatic heterocycles. The van der Waals surface area contributed by atoms with Gasteiger partial charge in [-0.15, -0.1) is 0 Å². The van der Waals surface area contributed by atoms with Crippen molar-refractivity contribution in [2.75, 3.05) is 6.54 Å². The average molecular weight is 363 g/mol. The first-order chi connectivity index (χ1) is 8.08. The zero-order valence-electron chi connectivity index (χ0n) is 9.20. The number of rotatable bonds is 3. The van der Waals surface area contributed by atoms with Crippen LogP contribution in [0.15, 0.2) is 27.1 Å². The quantitative estimate of drug-likeness (QED) is 0.897. The van der Waals surface area contributed by atoms with Crippen LogP contribution in [0.1, 0.15) is 18.4 Å². The summed E-state index contributed by atoms with van der Waals surface area (Å²) in [6.45, 7) is 1.56. The molecule has 0 bridgehead atoms. The standard InChI is InChI=1S/C12H13Br2NO2/c13-9-4-3-8(6-10(9)14)7-15-5-1-2-11(15)12(16)17/h3-4,6,11H,1-2,5,7H2,(H,16,17). The molecule has 5 heteroatoms. The molecule has 1 unspecified atom stereocenters. The van der Waals surface area contributed by atoms with Crippen molar-refractivity contribution < 1.29 is 9.90 Å². The third-order valence-electron chi connectivity index (χ3n) is 3.02. The summed E-state index contributed by atoms with van der Waals surface area (Å²) < 4.78 is 2.01. The minimum absolute atomic E-state index is 0.322. The Morgan fingerprint density at radius 1 is 1.41 bits per heavy atom. The Hall–Kier alpha value is -0.390. The Balaban J connectivity index is 2.09. The van der Waals surface area contributed by atoms with Gasteiger partial charge in [0.1, 0.15) is 6.04 Å².